The lowest BCUT2D eigenvalue weighted by atomic mass is 9.94. The average molecular weight is 270 g/mol. The molecule has 1 fully saturated rings. The number of hydrogen-bond acceptors (Lipinski definition) is 3. The molecule has 4 heteroatoms. The number of carbonyl (C=O) groups excluding carboxylic acids is 1. The summed E-state index contributed by atoms with van der Waals surface area (Å²) in [5.74, 6) is 0.316. The predicted molar refractivity (Wildman–Crippen MR) is 59.6 cm³/mol. The van der Waals surface area contributed by atoms with E-state index < -0.39 is 0 Å². The molecule has 0 N–H and O–H groups in total. The molecular weight excluding hydrogens is 258 g/mol. The number of aromatic nitrogens is 1. The number of carbonyl (C=O) groups is 1. The van der Waals surface area contributed by atoms with Crippen molar-refractivity contribution >= 4 is 21.7 Å². The molecule has 15 heavy (non-hydrogen) atoms. The lowest BCUT2D eigenvalue weighted by Gasteiger charge is -2.20. The summed E-state index contributed by atoms with van der Waals surface area (Å²) in [5, 5.41) is 0. The van der Waals surface area contributed by atoms with Gasteiger partial charge in [0, 0.05) is 29.2 Å². The molecule has 2 rings (SSSR count). The smallest absolute Gasteiger partial charge is 0.140 e. The molecule has 0 spiro atoms. The highest BCUT2D eigenvalue weighted by molar-refractivity contribution is 9.10. The third-order valence-corrected chi connectivity index (χ3v) is 2.94. The molecule has 0 radical (unpaired) electrons. The quantitative estimate of drug-likeness (QED) is 0.825. The monoisotopic (exact) mass is 269 g/mol. The van der Waals surface area contributed by atoms with Crippen LogP contribution in [0.2, 0.25) is 0 Å². The summed E-state index contributed by atoms with van der Waals surface area (Å²) in [6.45, 7) is 1.12. The zero-order valence-electron chi connectivity index (χ0n) is 8.28. The maximum atomic E-state index is 11.6. The minimum Gasteiger partial charge on any atom is -0.380 e. The van der Waals surface area contributed by atoms with E-state index >= 15 is 0 Å². The minimum atomic E-state index is 0.00912. The normalized spacial score (nSPS) is 21.7. The van der Waals surface area contributed by atoms with Crippen molar-refractivity contribution in [2.45, 2.75) is 12.8 Å². The van der Waals surface area contributed by atoms with Crippen molar-refractivity contribution in [2.75, 3.05) is 13.2 Å². The van der Waals surface area contributed by atoms with Crippen molar-refractivity contribution in [1.29, 1.82) is 0 Å². The summed E-state index contributed by atoms with van der Waals surface area (Å²) in [6, 6.07) is 1.99. The number of ketones is 1. The molecule has 1 aromatic rings. The third kappa shape index (κ3) is 2.86. The number of ether oxygens (including phenoxy) is 1. The number of rotatable bonds is 2. The number of halogens is 1. The molecule has 1 unspecified atom stereocenters. The second-order valence-electron chi connectivity index (χ2n) is 3.70. The topological polar surface area (TPSA) is 39.2 Å². The Hall–Kier alpha value is -0.740. The van der Waals surface area contributed by atoms with Gasteiger partial charge in [-0.3, -0.25) is 9.78 Å². The molecule has 1 aliphatic rings. The van der Waals surface area contributed by atoms with Crippen LogP contribution in [-0.2, 0) is 16.0 Å². The zero-order chi connectivity index (χ0) is 10.7. The molecule has 3 nitrogen and oxygen atoms in total. The number of hydrogen-bond donors (Lipinski definition) is 0. The van der Waals surface area contributed by atoms with E-state index in [9.17, 15) is 4.79 Å². The average Bonchev–Trinajstić information content (AvgIpc) is 2.22. The lowest BCUT2D eigenvalue weighted by molar-refractivity contribution is -0.130. The van der Waals surface area contributed by atoms with Gasteiger partial charge in [-0.15, -0.1) is 0 Å². The van der Waals surface area contributed by atoms with Crippen LogP contribution in [0.3, 0.4) is 0 Å². The molecule has 2 heterocycles. The van der Waals surface area contributed by atoms with E-state index in [2.05, 4.69) is 20.9 Å². The number of Topliss-reactive ketones (excluding diaryl/α,β-unsaturated/α-hetero) is 1. The van der Waals surface area contributed by atoms with Crippen molar-refractivity contribution in [1.82, 2.24) is 4.98 Å². The van der Waals surface area contributed by atoms with Crippen molar-refractivity contribution in [2.24, 2.45) is 5.92 Å². The molecule has 1 aromatic heterocycles. The Bertz CT molecular complexity index is 367. The van der Waals surface area contributed by atoms with E-state index in [0.29, 0.717) is 25.4 Å². The van der Waals surface area contributed by atoms with Gasteiger partial charge < -0.3 is 4.74 Å². The molecule has 1 aliphatic heterocycles. The van der Waals surface area contributed by atoms with Crippen LogP contribution < -0.4 is 0 Å². The fourth-order valence-corrected chi connectivity index (χ4v) is 2.13. The maximum absolute atomic E-state index is 11.6. The fourth-order valence-electron chi connectivity index (χ4n) is 1.72. The predicted octanol–water partition coefficient (Wildman–Crippen LogP) is 1.99. The van der Waals surface area contributed by atoms with Gasteiger partial charge in [-0.1, -0.05) is 0 Å². The van der Waals surface area contributed by atoms with Crippen LogP contribution >= 0.6 is 15.9 Å². The van der Waals surface area contributed by atoms with Gasteiger partial charge in [0.15, 0.2) is 0 Å². The molecule has 0 amide bonds. The second kappa shape index (κ2) is 4.86. The van der Waals surface area contributed by atoms with Gasteiger partial charge in [-0.2, -0.15) is 0 Å². The first-order valence-corrected chi connectivity index (χ1v) is 5.75. The van der Waals surface area contributed by atoms with E-state index in [0.717, 1.165) is 16.5 Å². The lowest BCUT2D eigenvalue weighted by Crippen LogP contribution is -2.29. The van der Waals surface area contributed by atoms with Crippen LogP contribution in [0.4, 0.5) is 0 Å². The van der Waals surface area contributed by atoms with Crippen LogP contribution in [-0.4, -0.2) is 24.0 Å². The molecule has 1 atom stereocenters. The van der Waals surface area contributed by atoms with Crippen molar-refractivity contribution in [3.05, 3.63) is 28.5 Å². The molecule has 0 bridgehead atoms. The van der Waals surface area contributed by atoms with Crippen molar-refractivity contribution < 1.29 is 9.53 Å². The SMILES string of the molecule is O=C1CCOCC1Cc1cncc(Br)c1. The van der Waals surface area contributed by atoms with Crippen molar-refractivity contribution in [3.8, 4) is 0 Å². The Morgan fingerprint density at radius 2 is 2.40 bits per heavy atom. The van der Waals surface area contributed by atoms with E-state index in [1.165, 1.54) is 0 Å². The van der Waals surface area contributed by atoms with Gasteiger partial charge in [0.25, 0.3) is 0 Å². The van der Waals surface area contributed by atoms with Gasteiger partial charge in [-0.25, -0.2) is 0 Å². The zero-order valence-corrected chi connectivity index (χ0v) is 9.87. The first kappa shape index (κ1) is 10.8. The van der Waals surface area contributed by atoms with Crippen LogP contribution in [0.25, 0.3) is 0 Å². The second-order valence-corrected chi connectivity index (χ2v) is 4.62. The molecular formula is C11H12BrNO2. The fraction of sp³-hybridized carbons (Fsp3) is 0.455. The molecule has 0 aromatic carbocycles. The number of nitrogens with zero attached hydrogens (tertiary/aromatic N) is 1. The summed E-state index contributed by atoms with van der Waals surface area (Å²) in [5.41, 5.74) is 1.08. The van der Waals surface area contributed by atoms with Crippen LogP contribution in [0.1, 0.15) is 12.0 Å². The van der Waals surface area contributed by atoms with Crippen LogP contribution in [0.5, 0.6) is 0 Å². The van der Waals surface area contributed by atoms with Crippen LogP contribution in [0, 0.1) is 5.92 Å². The van der Waals surface area contributed by atoms with Gasteiger partial charge in [0.1, 0.15) is 5.78 Å². The van der Waals surface area contributed by atoms with Gasteiger partial charge in [0.05, 0.1) is 13.2 Å². The molecule has 1 saturated heterocycles. The molecule has 80 valence electrons. The van der Waals surface area contributed by atoms with E-state index in [-0.39, 0.29) is 5.92 Å². The van der Waals surface area contributed by atoms with Gasteiger partial charge >= 0.3 is 0 Å². The Morgan fingerprint density at radius 1 is 1.53 bits per heavy atom. The highest BCUT2D eigenvalue weighted by Crippen LogP contribution is 2.17. The first-order valence-electron chi connectivity index (χ1n) is 4.95. The Labute approximate surface area is 97.0 Å². The standard InChI is InChI=1S/C11H12BrNO2/c12-10-4-8(5-13-6-10)3-9-7-15-2-1-11(9)14/h4-6,9H,1-3,7H2. The van der Waals surface area contributed by atoms with Gasteiger partial charge in [-0.05, 0) is 34.0 Å². The summed E-state index contributed by atoms with van der Waals surface area (Å²) in [4.78, 5) is 15.6. The highest BCUT2D eigenvalue weighted by atomic mass is 79.9. The summed E-state index contributed by atoms with van der Waals surface area (Å²) < 4.78 is 6.25. The molecule has 0 aliphatic carbocycles. The summed E-state index contributed by atoms with van der Waals surface area (Å²) >= 11 is 3.36. The Kier molecular flexibility index (Phi) is 3.49. The maximum Gasteiger partial charge on any atom is 0.140 e. The number of pyridine rings is 1. The summed E-state index contributed by atoms with van der Waals surface area (Å²) in [6.07, 6.45) is 4.81. The van der Waals surface area contributed by atoms with Gasteiger partial charge in [0.2, 0.25) is 0 Å². The highest BCUT2D eigenvalue weighted by Gasteiger charge is 2.22. The summed E-state index contributed by atoms with van der Waals surface area (Å²) in [7, 11) is 0. The van der Waals surface area contributed by atoms with E-state index in [4.69, 9.17) is 4.74 Å². The Balaban J connectivity index is 2.04. The molecule has 0 saturated carbocycles. The largest absolute Gasteiger partial charge is 0.380 e. The van der Waals surface area contributed by atoms with E-state index in [1.54, 1.807) is 12.4 Å². The Morgan fingerprint density at radius 3 is 3.13 bits per heavy atom. The minimum absolute atomic E-state index is 0.00912. The van der Waals surface area contributed by atoms with Crippen LogP contribution in [0.15, 0.2) is 22.9 Å². The first-order chi connectivity index (χ1) is 7.25. The van der Waals surface area contributed by atoms with Crippen molar-refractivity contribution in [3.63, 3.8) is 0 Å². The third-order valence-electron chi connectivity index (χ3n) is 2.51. The van der Waals surface area contributed by atoms with E-state index in [1.807, 2.05) is 6.07 Å².